The van der Waals surface area contributed by atoms with Crippen LogP contribution in [0.2, 0.25) is 5.02 Å². The summed E-state index contributed by atoms with van der Waals surface area (Å²) < 4.78 is 20.3. The van der Waals surface area contributed by atoms with E-state index in [1.807, 2.05) is 52.7 Å². The van der Waals surface area contributed by atoms with Gasteiger partial charge in [0, 0.05) is 61.4 Å². The molecule has 3 heterocycles. The van der Waals surface area contributed by atoms with Gasteiger partial charge in [0.25, 0.3) is 5.91 Å². The molecule has 4 aromatic rings. The SMILES string of the molecule is COCc1nc(-c2ccccc2)nc(N2CCN(C(=O)c3cccs3)CC2)c1Cc1c(F)cccc1Cl. The maximum Gasteiger partial charge on any atom is 0.264 e. The Morgan fingerprint density at radius 1 is 1.00 bits per heavy atom. The number of hydrogen-bond donors (Lipinski definition) is 0. The number of amides is 1. The first kappa shape index (κ1) is 25.3. The van der Waals surface area contributed by atoms with Gasteiger partial charge in [0.2, 0.25) is 0 Å². The number of hydrogen-bond acceptors (Lipinski definition) is 6. The summed E-state index contributed by atoms with van der Waals surface area (Å²) in [7, 11) is 1.61. The summed E-state index contributed by atoms with van der Waals surface area (Å²) in [5.74, 6) is 0.952. The molecule has 0 aliphatic carbocycles. The van der Waals surface area contributed by atoms with E-state index in [-0.39, 0.29) is 24.8 Å². The first-order valence-electron chi connectivity index (χ1n) is 12.0. The fourth-order valence-electron chi connectivity index (χ4n) is 4.49. The monoisotopic (exact) mass is 536 g/mol. The molecule has 0 N–H and O–H groups in total. The third kappa shape index (κ3) is 5.51. The van der Waals surface area contributed by atoms with Gasteiger partial charge in [-0.3, -0.25) is 4.79 Å². The van der Waals surface area contributed by atoms with Gasteiger partial charge in [-0.2, -0.15) is 0 Å². The Kier molecular flexibility index (Phi) is 7.79. The Morgan fingerprint density at radius 3 is 2.46 bits per heavy atom. The van der Waals surface area contributed by atoms with Crippen molar-refractivity contribution in [2.24, 2.45) is 0 Å². The number of carbonyl (C=O) groups is 1. The molecular weight excluding hydrogens is 511 g/mol. The fourth-order valence-corrected chi connectivity index (χ4v) is 5.41. The molecule has 5 rings (SSSR count). The molecule has 0 radical (unpaired) electrons. The van der Waals surface area contributed by atoms with Crippen molar-refractivity contribution in [2.45, 2.75) is 13.0 Å². The standard InChI is InChI=1S/C28H26ClFN4O2S/c1-36-18-24-21(17-20-22(29)9-5-10-23(20)30)27(32-26(31-24)19-7-3-2-4-8-19)33-12-14-34(15-13-33)28(35)25-11-6-16-37-25/h2-11,16H,12-15,17-18H2,1H3. The van der Waals surface area contributed by atoms with Crippen LogP contribution in [0.4, 0.5) is 10.2 Å². The Labute approximate surface area is 224 Å². The maximum absolute atomic E-state index is 14.8. The number of halogens is 2. The van der Waals surface area contributed by atoms with Gasteiger partial charge < -0.3 is 14.5 Å². The summed E-state index contributed by atoms with van der Waals surface area (Å²) >= 11 is 7.86. The molecule has 0 spiro atoms. The highest BCUT2D eigenvalue weighted by Gasteiger charge is 2.27. The largest absolute Gasteiger partial charge is 0.378 e. The van der Waals surface area contributed by atoms with E-state index in [9.17, 15) is 9.18 Å². The molecule has 0 unspecified atom stereocenters. The number of anilines is 1. The van der Waals surface area contributed by atoms with Crippen LogP contribution in [-0.4, -0.2) is 54.1 Å². The average Bonchev–Trinajstić information content (AvgIpc) is 3.47. The van der Waals surface area contributed by atoms with Crippen molar-refractivity contribution in [1.82, 2.24) is 14.9 Å². The molecule has 6 nitrogen and oxygen atoms in total. The summed E-state index contributed by atoms with van der Waals surface area (Å²) in [5.41, 5.74) is 2.72. The molecule has 0 atom stereocenters. The molecule has 1 aliphatic rings. The van der Waals surface area contributed by atoms with Gasteiger partial charge in [-0.05, 0) is 23.6 Å². The van der Waals surface area contributed by atoms with E-state index >= 15 is 0 Å². The molecule has 2 aromatic heterocycles. The lowest BCUT2D eigenvalue weighted by Gasteiger charge is -2.36. The fraction of sp³-hybridized carbons (Fsp3) is 0.250. The molecule has 190 valence electrons. The van der Waals surface area contributed by atoms with Gasteiger partial charge in [0.05, 0.1) is 17.2 Å². The normalized spacial score (nSPS) is 13.7. The third-order valence-corrected chi connectivity index (χ3v) is 7.61. The van der Waals surface area contributed by atoms with Crippen molar-refractivity contribution in [2.75, 3.05) is 38.2 Å². The third-order valence-electron chi connectivity index (χ3n) is 6.40. The first-order valence-corrected chi connectivity index (χ1v) is 13.3. The Bertz CT molecular complexity index is 1360. The van der Waals surface area contributed by atoms with Gasteiger partial charge in [-0.15, -0.1) is 11.3 Å². The van der Waals surface area contributed by atoms with E-state index in [0.29, 0.717) is 54.1 Å². The minimum absolute atomic E-state index is 0.0424. The van der Waals surface area contributed by atoms with E-state index in [4.69, 9.17) is 26.3 Å². The van der Waals surface area contributed by atoms with Crippen molar-refractivity contribution in [3.8, 4) is 11.4 Å². The van der Waals surface area contributed by atoms with E-state index in [1.54, 1.807) is 19.2 Å². The van der Waals surface area contributed by atoms with Crippen LogP contribution in [0, 0.1) is 5.82 Å². The molecule has 9 heteroatoms. The van der Waals surface area contributed by atoms with E-state index < -0.39 is 0 Å². The van der Waals surface area contributed by atoms with E-state index in [2.05, 4.69) is 4.90 Å². The minimum Gasteiger partial charge on any atom is -0.378 e. The molecule has 37 heavy (non-hydrogen) atoms. The molecule has 0 saturated carbocycles. The summed E-state index contributed by atoms with van der Waals surface area (Å²) in [6.07, 6.45) is 0.225. The zero-order chi connectivity index (χ0) is 25.8. The van der Waals surface area contributed by atoms with Crippen LogP contribution in [0.25, 0.3) is 11.4 Å². The molecule has 1 saturated heterocycles. The van der Waals surface area contributed by atoms with E-state index in [1.165, 1.54) is 17.4 Å². The molecule has 0 bridgehead atoms. The predicted octanol–water partition coefficient (Wildman–Crippen LogP) is 5.70. The average molecular weight is 537 g/mol. The van der Waals surface area contributed by atoms with Gasteiger partial charge in [0.1, 0.15) is 11.6 Å². The van der Waals surface area contributed by atoms with Crippen LogP contribution in [0.15, 0.2) is 66.0 Å². The number of carbonyl (C=O) groups excluding carboxylic acids is 1. The second-order valence-electron chi connectivity index (χ2n) is 8.73. The number of nitrogens with zero attached hydrogens (tertiary/aromatic N) is 4. The summed E-state index contributed by atoms with van der Waals surface area (Å²) in [6.45, 7) is 2.54. The number of ether oxygens (including phenoxy) is 1. The van der Waals surface area contributed by atoms with E-state index in [0.717, 1.165) is 16.0 Å². The van der Waals surface area contributed by atoms with Crippen molar-refractivity contribution in [1.29, 1.82) is 0 Å². The second kappa shape index (κ2) is 11.4. The number of aromatic nitrogens is 2. The zero-order valence-corrected chi connectivity index (χ0v) is 21.9. The van der Waals surface area contributed by atoms with Crippen molar-refractivity contribution < 1.29 is 13.9 Å². The van der Waals surface area contributed by atoms with Crippen LogP contribution in [-0.2, 0) is 17.8 Å². The quantitative estimate of drug-likeness (QED) is 0.303. The Morgan fingerprint density at radius 2 is 1.78 bits per heavy atom. The molecular formula is C28H26ClFN4O2S. The molecule has 1 aliphatic heterocycles. The lowest BCUT2D eigenvalue weighted by atomic mass is 10.0. The predicted molar refractivity (Wildman–Crippen MR) is 145 cm³/mol. The van der Waals surface area contributed by atoms with Crippen LogP contribution < -0.4 is 4.90 Å². The minimum atomic E-state index is -0.375. The number of thiophene rings is 1. The highest BCUT2D eigenvalue weighted by atomic mass is 35.5. The number of piperazine rings is 1. The smallest absolute Gasteiger partial charge is 0.264 e. The number of rotatable bonds is 7. The maximum atomic E-state index is 14.8. The van der Waals surface area contributed by atoms with Gasteiger partial charge >= 0.3 is 0 Å². The second-order valence-corrected chi connectivity index (χ2v) is 10.1. The van der Waals surface area contributed by atoms with Crippen LogP contribution >= 0.6 is 22.9 Å². The summed E-state index contributed by atoms with van der Waals surface area (Å²) in [5, 5.41) is 2.26. The van der Waals surface area contributed by atoms with Crippen molar-refractivity contribution in [3.05, 3.63) is 98.6 Å². The zero-order valence-electron chi connectivity index (χ0n) is 20.4. The lowest BCUT2D eigenvalue weighted by molar-refractivity contribution is 0.0751. The van der Waals surface area contributed by atoms with Gasteiger partial charge in [-0.25, -0.2) is 14.4 Å². The van der Waals surface area contributed by atoms with Crippen LogP contribution in [0.5, 0.6) is 0 Å². The Hall–Kier alpha value is -3.33. The van der Waals surface area contributed by atoms with Gasteiger partial charge in [-0.1, -0.05) is 54.1 Å². The van der Waals surface area contributed by atoms with Crippen molar-refractivity contribution >= 4 is 34.7 Å². The van der Waals surface area contributed by atoms with Crippen LogP contribution in [0.3, 0.4) is 0 Å². The first-order chi connectivity index (χ1) is 18.0. The lowest BCUT2D eigenvalue weighted by Crippen LogP contribution is -2.49. The van der Waals surface area contributed by atoms with Crippen LogP contribution in [0.1, 0.15) is 26.5 Å². The van der Waals surface area contributed by atoms with Crippen molar-refractivity contribution in [3.63, 3.8) is 0 Å². The number of methoxy groups -OCH3 is 1. The highest BCUT2D eigenvalue weighted by molar-refractivity contribution is 7.12. The summed E-state index contributed by atoms with van der Waals surface area (Å²) in [6, 6.07) is 18.2. The number of benzene rings is 2. The Balaban J connectivity index is 1.53. The van der Waals surface area contributed by atoms with Gasteiger partial charge in [0.15, 0.2) is 5.82 Å². The summed E-state index contributed by atoms with van der Waals surface area (Å²) in [4.78, 5) is 27.4. The molecule has 2 aromatic carbocycles. The highest BCUT2D eigenvalue weighted by Crippen LogP contribution is 2.32. The topological polar surface area (TPSA) is 58.6 Å². The molecule has 1 fully saturated rings. The molecule has 1 amide bonds.